The molecule has 0 aromatic heterocycles. The summed E-state index contributed by atoms with van der Waals surface area (Å²) < 4.78 is 34.5. The lowest BCUT2D eigenvalue weighted by atomic mass is 10.0. The largest absolute Gasteiger partial charge is 0.756 e. The zero-order chi connectivity index (χ0) is 74.0. The van der Waals surface area contributed by atoms with E-state index in [0.717, 1.165) is 89.9 Å². The number of hydrogen-bond acceptors (Lipinski definition) is 8. The van der Waals surface area contributed by atoms with Gasteiger partial charge in [-0.05, 0) is 77.0 Å². The number of allylic oxidation sites excluding steroid dienone is 16. The predicted octanol–water partition coefficient (Wildman–Crippen LogP) is 29.1. The highest BCUT2D eigenvalue weighted by Gasteiger charge is 2.22. The van der Waals surface area contributed by atoms with E-state index >= 15 is 0 Å². The Balaban J connectivity index is 3.90. The molecule has 9 nitrogen and oxygen atoms in total. The molecule has 0 N–H and O–H groups in total. The summed E-state index contributed by atoms with van der Waals surface area (Å²) in [4.78, 5) is 38.3. The number of nitrogens with zero attached hydrogens (tertiary/aromatic N) is 1. The monoisotopic (exact) mass is 1450 g/mol. The summed E-state index contributed by atoms with van der Waals surface area (Å²) in [5.41, 5.74) is 0. The molecular weight excluding hydrogens is 1280 g/mol. The average Bonchev–Trinajstić information content (AvgIpc) is 0.914. The highest BCUT2D eigenvalue weighted by molar-refractivity contribution is 7.45. The topological polar surface area (TPSA) is 111 Å². The summed E-state index contributed by atoms with van der Waals surface area (Å²) >= 11 is 0. The molecule has 0 heterocycles. The van der Waals surface area contributed by atoms with Crippen molar-refractivity contribution in [2.45, 2.75) is 431 Å². The van der Waals surface area contributed by atoms with Crippen molar-refractivity contribution in [1.82, 2.24) is 0 Å². The van der Waals surface area contributed by atoms with Gasteiger partial charge in [-0.2, -0.15) is 0 Å². The number of quaternary nitrogens is 1. The molecule has 0 rings (SSSR count). The molecule has 0 spiro atoms. The lowest BCUT2D eigenvalue weighted by molar-refractivity contribution is -0.870. The molecular formula is C92H168NO8P. The van der Waals surface area contributed by atoms with Gasteiger partial charge in [-0.25, -0.2) is 0 Å². The van der Waals surface area contributed by atoms with Crippen molar-refractivity contribution in [2.24, 2.45) is 0 Å². The third-order valence-electron chi connectivity index (χ3n) is 19.6. The van der Waals surface area contributed by atoms with Gasteiger partial charge in [0.2, 0.25) is 0 Å². The van der Waals surface area contributed by atoms with Crippen LogP contribution in [-0.2, 0) is 32.7 Å². The molecule has 0 radical (unpaired) electrons. The van der Waals surface area contributed by atoms with E-state index in [0.29, 0.717) is 17.4 Å². The van der Waals surface area contributed by atoms with Crippen molar-refractivity contribution in [3.63, 3.8) is 0 Å². The third kappa shape index (κ3) is 85.9. The number of rotatable bonds is 82. The molecule has 0 fully saturated rings. The maximum absolute atomic E-state index is 12.9. The van der Waals surface area contributed by atoms with Gasteiger partial charge in [-0.1, -0.05) is 432 Å². The first-order valence-electron chi connectivity index (χ1n) is 43.9. The normalized spacial score (nSPS) is 13.4. The number of likely N-dealkylation sites (N-methyl/N-ethyl adjacent to an activating group) is 1. The molecule has 0 aliphatic heterocycles. The van der Waals surface area contributed by atoms with Crippen molar-refractivity contribution in [1.29, 1.82) is 0 Å². The molecule has 0 saturated carbocycles. The minimum Gasteiger partial charge on any atom is -0.756 e. The summed E-state index contributed by atoms with van der Waals surface area (Å²) in [6.45, 7) is 4.19. The smallest absolute Gasteiger partial charge is 0.306 e. The van der Waals surface area contributed by atoms with Crippen LogP contribution in [0.1, 0.15) is 425 Å². The predicted molar refractivity (Wildman–Crippen MR) is 443 cm³/mol. The fourth-order valence-electron chi connectivity index (χ4n) is 13.0. The van der Waals surface area contributed by atoms with E-state index in [2.05, 4.69) is 111 Å². The van der Waals surface area contributed by atoms with Gasteiger partial charge < -0.3 is 27.9 Å². The Hall–Kier alpha value is -3.07. The summed E-state index contributed by atoms with van der Waals surface area (Å²) in [6.07, 6.45) is 116. The fraction of sp³-hybridized carbons (Fsp3) is 0.804. The summed E-state index contributed by atoms with van der Waals surface area (Å²) in [7, 11) is 1.18. The van der Waals surface area contributed by atoms with Crippen molar-refractivity contribution in [3.05, 3.63) is 97.2 Å². The van der Waals surface area contributed by atoms with Crippen LogP contribution in [0, 0.1) is 0 Å². The van der Waals surface area contributed by atoms with Gasteiger partial charge in [0.25, 0.3) is 7.82 Å². The molecule has 2 atom stereocenters. The summed E-state index contributed by atoms with van der Waals surface area (Å²) in [6, 6.07) is 0. The second-order valence-electron chi connectivity index (χ2n) is 30.9. The van der Waals surface area contributed by atoms with Crippen LogP contribution in [0.4, 0.5) is 0 Å². The number of hydrogen-bond donors (Lipinski definition) is 0. The molecule has 0 saturated heterocycles. The maximum atomic E-state index is 12.9. The molecule has 0 aromatic carbocycles. The van der Waals surface area contributed by atoms with E-state index in [1.165, 1.54) is 302 Å². The number of ether oxygens (including phenoxy) is 2. The van der Waals surface area contributed by atoms with E-state index in [1.54, 1.807) is 0 Å². The van der Waals surface area contributed by atoms with Crippen LogP contribution < -0.4 is 4.89 Å². The molecule has 0 aromatic rings. The maximum Gasteiger partial charge on any atom is 0.306 e. The Morgan fingerprint density at radius 1 is 0.314 bits per heavy atom. The molecule has 0 amide bonds. The van der Waals surface area contributed by atoms with Crippen molar-refractivity contribution >= 4 is 19.8 Å². The molecule has 10 heteroatoms. The van der Waals surface area contributed by atoms with Crippen LogP contribution in [0.25, 0.3) is 0 Å². The van der Waals surface area contributed by atoms with E-state index < -0.39 is 26.5 Å². The van der Waals surface area contributed by atoms with E-state index in [1.807, 2.05) is 21.1 Å². The van der Waals surface area contributed by atoms with Crippen LogP contribution in [0.3, 0.4) is 0 Å². The van der Waals surface area contributed by atoms with Gasteiger partial charge in [0.05, 0.1) is 27.7 Å². The second kappa shape index (κ2) is 82.0. The number of unbranched alkanes of at least 4 members (excludes halogenated alkanes) is 52. The first-order valence-corrected chi connectivity index (χ1v) is 45.4. The van der Waals surface area contributed by atoms with Gasteiger partial charge in [0, 0.05) is 12.8 Å². The Kier molecular flexibility index (Phi) is 79.5. The molecule has 594 valence electrons. The van der Waals surface area contributed by atoms with Crippen molar-refractivity contribution in [2.75, 3.05) is 47.5 Å². The van der Waals surface area contributed by atoms with Gasteiger partial charge in [0.15, 0.2) is 6.10 Å². The van der Waals surface area contributed by atoms with Crippen molar-refractivity contribution < 1.29 is 42.1 Å². The minimum absolute atomic E-state index is 0.0314. The third-order valence-corrected chi connectivity index (χ3v) is 20.6. The fourth-order valence-corrected chi connectivity index (χ4v) is 13.7. The molecule has 2 unspecified atom stereocenters. The lowest BCUT2D eigenvalue weighted by Gasteiger charge is -2.28. The van der Waals surface area contributed by atoms with Gasteiger partial charge in [0.1, 0.15) is 19.8 Å². The minimum atomic E-state index is -4.65. The number of carbonyl (C=O) groups is 2. The standard InChI is InChI=1S/C92H168NO8P/c1-6-8-10-12-14-16-18-20-22-24-26-28-30-32-34-36-38-40-42-44-46-48-50-52-54-56-58-60-62-64-66-68-70-72-74-76-78-80-82-84-91(94)98-88-90(89-100-102(96,97)99-87-86-93(3,4)5)101-92(95)85-83-81-79-77-75-73-71-69-67-65-63-61-59-57-55-53-51-49-47-45-43-41-39-37-35-33-31-29-27-25-23-21-19-17-15-13-11-9-7-2/h9,11,15,17,21,23,27,29,33,35,39,41,45,47,51,53,90H,6-8,10,12-14,16,18-20,22,24-26,28,30-32,34,36-38,40,42-44,46,48-50,52,54-89H2,1-5H3/b11-9-,17-15-,23-21-,29-27-,35-33-,41-39-,47-45-,53-51-. The Morgan fingerprint density at radius 3 is 0.833 bits per heavy atom. The van der Waals surface area contributed by atoms with E-state index in [4.69, 9.17) is 18.5 Å². The number of esters is 2. The Bertz CT molecular complexity index is 2050. The first kappa shape index (κ1) is 98.9. The first-order chi connectivity index (χ1) is 50.0. The Labute approximate surface area is 634 Å². The summed E-state index contributed by atoms with van der Waals surface area (Å²) in [5, 5.41) is 0. The molecule has 0 aliphatic rings. The van der Waals surface area contributed by atoms with Gasteiger partial charge in [-0.15, -0.1) is 0 Å². The summed E-state index contributed by atoms with van der Waals surface area (Å²) in [5.74, 6) is -0.816. The van der Waals surface area contributed by atoms with Crippen LogP contribution in [0.5, 0.6) is 0 Å². The van der Waals surface area contributed by atoms with Gasteiger partial charge >= 0.3 is 11.9 Å². The zero-order valence-electron chi connectivity index (χ0n) is 68.1. The van der Waals surface area contributed by atoms with E-state index in [-0.39, 0.29) is 32.0 Å². The molecule has 0 bridgehead atoms. The second-order valence-corrected chi connectivity index (χ2v) is 32.3. The van der Waals surface area contributed by atoms with Crippen LogP contribution in [0.2, 0.25) is 0 Å². The van der Waals surface area contributed by atoms with Gasteiger partial charge in [-0.3, -0.25) is 14.2 Å². The number of carbonyl (C=O) groups excluding carboxylic acids is 2. The molecule has 0 aliphatic carbocycles. The number of phosphoric acid groups is 1. The van der Waals surface area contributed by atoms with Crippen LogP contribution >= 0.6 is 7.82 Å². The van der Waals surface area contributed by atoms with E-state index in [9.17, 15) is 19.0 Å². The van der Waals surface area contributed by atoms with Crippen LogP contribution in [0.15, 0.2) is 97.2 Å². The molecule has 102 heavy (non-hydrogen) atoms. The van der Waals surface area contributed by atoms with Crippen molar-refractivity contribution in [3.8, 4) is 0 Å². The number of phosphoric ester groups is 1. The SMILES string of the molecule is CC/C=C\C/C=C\C/C=C\C/C=C\C/C=C\C/C=C\C/C=C\C/C=C\CCCCCCCCCCCCCCCCC(=O)OC(COC(=O)CCCCCCCCCCCCCCCCCCCCCCCCCCCCCCCCCCCCCCCCC)COP(=O)([O-])OCC[N+](C)(C)C. The highest BCUT2D eigenvalue weighted by atomic mass is 31.2. The average molecular weight is 1450 g/mol. The quantitative estimate of drug-likeness (QED) is 0.0195. The Morgan fingerprint density at radius 2 is 0.559 bits per heavy atom. The zero-order valence-corrected chi connectivity index (χ0v) is 69.0. The highest BCUT2D eigenvalue weighted by Crippen LogP contribution is 2.38. The lowest BCUT2D eigenvalue weighted by Crippen LogP contribution is -2.37. The van der Waals surface area contributed by atoms with Crippen LogP contribution in [-0.4, -0.2) is 70.0 Å².